The molecule has 0 aromatic rings. The van der Waals surface area contributed by atoms with Crippen molar-refractivity contribution in [2.75, 3.05) is 13.1 Å². The van der Waals surface area contributed by atoms with Crippen LogP contribution in [0.5, 0.6) is 0 Å². The lowest BCUT2D eigenvalue weighted by Gasteiger charge is -2.17. The number of carbonyl (C=O) groups is 1. The fraction of sp³-hybridized carbons (Fsp3) is 0.909. The van der Waals surface area contributed by atoms with Gasteiger partial charge in [-0.3, -0.25) is 4.79 Å². The van der Waals surface area contributed by atoms with Gasteiger partial charge >= 0.3 is 0 Å². The van der Waals surface area contributed by atoms with Crippen molar-refractivity contribution in [1.29, 1.82) is 0 Å². The molecule has 0 aliphatic heterocycles. The van der Waals surface area contributed by atoms with Crippen LogP contribution < -0.4 is 11.1 Å². The molecular weight excluding hydrogens is 176 g/mol. The molecule has 3 N–H and O–H groups in total. The van der Waals surface area contributed by atoms with Crippen molar-refractivity contribution in [2.45, 2.75) is 39.5 Å². The van der Waals surface area contributed by atoms with E-state index < -0.39 is 0 Å². The standard InChI is InChI=1S/C11H22N2O/c1-3-9(4-2)7-13-10(14)11(8-12)5-6-11/h9H,3-8,12H2,1-2H3,(H,13,14). The Balaban J connectivity index is 2.27. The predicted molar refractivity (Wildman–Crippen MR) is 57.8 cm³/mol. The summed E-state index contributed by atoms with van der Waals surface area (Å²) in [4.78, 5) is 11.7. The van der Waals surface area contributed by atoms with Gasteiger partial charge in [0.1, 0.15) is 0 Å². The van der Waals surface area contributed by atoms with Crippen molar-refractivity contribution in [3.05, 3.63) is 0 Å². The van der Waals surface area contributed by atoms with Crippen LogP contribution >= 0.6 is 0 Å². The topological polar surface area (TPSA) is 55.1 Å². The van der Waals surface area contributed by atoms with E-state index in [4.69, 9.17) is 5.73 Å². The molecule has 0 atom stereocenters. The molecular formula is C11H22N2O. The van der Waals surface area contributed by atoms with Crippen molar-refractivity contribution < 1.29 is 4.79 Å². The van der Waals surface area contributed by atoms with Crippen LogP contribution in [0.4, 0.5) is 0 Å². The van der Waals surface area contributed by atoms with Crippen LogP contribution in [0.25, 0.3) is 0 Å². The smallest absolute Gasteiger partial charge is 0.227 e. The van der Waals surface area contributed by atoms with Crippen LogP contribution in [0.2, 0.25) is 0 Å². The molecule has 14 heavy (non-hydrogen) atoms. The third-order valence-corrected chi connectivity index (χ3v) is 3.43. The van der Waals surface area contributed by atoms with Crippen molar-refractivity contribution in [3.63, 3.8) is 0 Å². The molecule has 0 radical (unpaired) electrons. The fourth-order valence-corrected chi connectivity index (χ4v) is 1.68. The van der Waals surface area contributed by atoms with E-state index in [0.717, 1.165) is 32.2 Å². The highest BCUT2D eigenvalue weighted by molar-refractivity contribution is 5.85. The number of rotatable bonds is 6. The monoisotopic (exact) mass is 198 g/mol. The molecule has 0 aromatic heterocycles. The highest BCUT2D eigenvalue weighted by Gasteiger charge is 2.48. The summed E-state index contributed by atoms with van der Waals surface area (Å²) < 4.78 is 0. The summed E-state index contributed by atoms with van der Waals surface area (Å²) in [5.41, 5.74) is 5.39. The number of hydrogen-bond acceptors (Lipinski definition) is 2. The minimum atomic E-state index is -0.188. The van der Waals surface area contributed by atoms with Crippen LogP contribution in [0.15, 0.2) is 0 Å². The SMILES string of the molecule is CCC(CC)CNC(=O)C1(CN)CC1. The van der Waals surface area contributed by atoms with E-state index in [1.54, 1.807) is 0 Å². The minimum Gasteiger partial charge on any atom is -0.355 e. The van der Waals surface area contributed by atoms with E-state index >= 15 is 0 Å². The van der Waals surface area contributed by atoms with E-state index in [0.29, 0.717) is 12.5 Å². The Bertz CT molecular complexity index is 195. The normalized spacial score (nSPS) is 18.3. The molecule has 1 fully saturated rings. The number of nitrogens with two attached hydrogens (primary N) is 1. The van der Waals surface area contributed by atoms with Gasteiger partial charge in [0.2, 0.25) is 5.91 Å². The van der Waals surface area contributed by atoms with E-state index in [-0.39, 0.29) is 11.3 Å². The molecule has 1 aliphatic rings. The zero-order chi connectivity index (χ0) is 10.6. The van der Waals surface area contributed by atoms with Crippen LogP contribution in [0, 0.1) is 11.3 Å². The molecule has 0 bridgehead atoms. The Kier molecular flexibility index (Phi) is 3.93. The average molecular weight is 198 g/mol. The van der Waals surface area contributed by atoms with Gasteiger partial charge in [0.15, 0.2) is 0 Å². The lowest BCUT2D eigenvalue weighted by molar-refractivity contribution is -0.126. The molecule has 1 aliphatic carbocycles. The largest absolute Gasteiger partial charge is 0.355 e. The van der Waals surface area contributed by atoms with Crippen molar-refractivity contribution in [3.8, 4) is 0 Å². The first-order chi connectivity index (χ1) is 6.68. The maximum atomic E-state index is 11.7. The van der Waals surface area contributed by atoms with E-state index in [2.05, 4.69) is 19.2 Å². The summed E-state index contributed by atoms with van der Waals surface area (Å²) in [6.45, 7) is 5.64. The molecule has 1 rings (SSSR count). The van der Waals surface area contributed by atoms with Gasteiger partial charge in [-0.05, 0) is 18.8 Å². The molecule has 0 unspecified atom stereocenters. The Hall–Kier alpha value is -0.570. The molecule has 1 amide bonds. The summed E-state index contributed by atoms with van der Waals surface area (Å²) in [6.07, 6.45) is 4.20. The van der Waals surface area contributed by atoms with E-state index in [1.165, 1.54) is 0 Å². The Morgan fingerprint density at radius 3 is 2.36 bits per heavy atom. The first kappa shape index (κ1) is 11.5. The van der Waals surface area contributed by atoms with Gasteiger partial charge in [-0.2, -0.15) is 0 Å². The Morgan fingerprint density at radius 1 is 1.43 bits per heavy atom. The number of nitrogens with one attached hydrogen (secondary N) is 1. The maximum absolute atomic E-state index is 11.7. The first-order valence-corrected chi connectivity index (χ1v) is 5.67. The summed E-state index contributed by atoms with van der Waals surface area (Å²) in [5, 5.41) is 3.02. The number of hydrogen-bond donors (Lipinski definition) is 2. The van der Waals surface area contributed by atoms with Crippen molar-refractivity contribution in [1.82, 2.24) is 5.32 Å². The maximum Gasteiger partial charge on any atom is 0.227 e. The van der Waals surface area contributed by atoms with Gasteiger partial charge in [0.25, 0.3) is 0 Å². The van der Waals surface area contributed by atoms with Gasteiger partial charge in [-0.25, -0.2) is 0 Å². The lowest BCUT2D eigenvalue weighted by atomic mass is 10.0. The zero-order valence-electron chi connectivity index (χ0n) is 9.31. The summed E-state index contributed by atoms with van der Waals surface area (Å²) >= 11 is 0. The second kappa shape index (κ2) is 4.78. The molecule has 0 heterocycles. The third kappa shape index (κ3) is 2.47. The highest BCUT2D eigenvalue weighted by Crippen LogP contribution is 2.44. The molecule has 3 heteroatoms. The van der Waals surface area contributed by atoms with Gasteiger partial charge in [-0.1, -0.05) is 26.7 Å². The Morgan fingerprint density at radius 2 is 2.00 bits per heavy atom. The van der Waals surface area contributed by atoms with E-state index in [9.17, 15) is 4.79 Å². The lowest BCUT2D eigenvalue weighted by Crippen LogP contribution is -2.38. The highest BCUT2D eigenvalue weighted by atomic mass is 16.2. The van der Waals surface area contributed by atoms with Crippen LogP contribution in [0.1, 0.15) is 39.5 Å². The molecule has 0 spiro atoms. The quantitative estimate of drug-likeness (QED) is 0.675. The van der Waals surface area contributed by atoms with Crippen LogP contribution in [-0.4, -0.2) is 19.0 Å². The molecule has 1 saturated carbocycles. The predicted octanol–water partition coefficient (Wildman–Crippen LogP) is 1.28. The van der Waals surface area contributed by atoms with Gasteiger partial charge in [-0.15, -0.1) is 0 Å². The van der Waals surface area contributed by atoms with Crippen molar-refractivity contribution in [2.24, 2.45) is 17.1 Å². The minimum absolute atomic E-state index is 0.173. The van der Waals surface area contributed by atoms with Gasteiger partial charge in [0, 0.05) is 13.1 Å². The number of carbonyl (C=O) groups excluding carboxylic acids is 1. The summed E-state index contributed by atoms with van der Waals surface area (Å²) in [5.74, 6) is 0.791. The van der Waals surface area contributed by atoms with Gasteiger partial charge < -0.3 is 11.1 Å². The van der Waals surface area contributed by atoms with Crippen molar-refractivity contribution >= 4 is 5.91 Å². The molecule has 82 valence electrons. The summed E-state index contributed by atoms with van der Waals surface area (Å²) in [7, 11) is 0. The average Bonchev–Trinajstić information content (AvgIpc) is 2.99. The second-order valence-electron chi connectivity index (χ2n) is 4.38. The van der Waals surface area contributed by atoms with E-state index in [1.807, 2.05) is 0 Å². The van der Waals surface area contributed by atoms with Crippen LogP contribution in [-0.2, 0) is 4.79 Å². The summed E-state index contributed by atoms with van der Waals surface area (Å²) in [6, 6.07) is 0. The fourth-order valence-electron chi connectivity index (χ4n) is 1.68. The second-order valence-corrected chi connectivity index (χ2v) is 4.38. The van der Waals surface area contributed by atoms with Crippen LogP contribution in [0.3, 0.4) is 0 Å². The Labute approximate surface area is 86.4 Å². The third-order valence-electron chi connectivity index (χ3n) is 3.43. The van der Waals surface area contributed by atoms with Gasteiger partial charge in [0.05, 0.1) is 5.41 Å². The zero-order valence-corrected chi connectivity index (χ0v) is 9.31. The number of amides is 1. The molecule has 3 nitrogen and oxygen atoms in total. The molecule has 0 saturated heterocycles. The first-order valence-electron chi connectivity index (χ1n) is 5.67. The molecule has 0 aromatic carbocycles.